The van der Waals surface area contributed by atoms with E-state index < -0.39 is 17.9 Å². The van der Waals surface area contributed by atoms with Crippen molar-refractivity contribution in [2.45, 2.75) is 58.9 Å². The van der Waals surface area contributed by atoms with E-state index in [0.717, 1.165) is 27.8 Å². The van der Waals surface area contributed by atoms with Gasteiger partial charge in [-0.25, -0.2) is 14.2 Å². The van der Waals surface area contributed by atoms with Crippen molar-refractivity contribution in [3.8, 4) is 0 Å². The molecule has 1 aliphatic rings. The van der Waals surface area contributed by atoms with E-state index in [1.807, 2.05) is 36.4 Å². The third-order valence-electron chi connectivity index (χ3n) is 5.06. The summed E-state index contributed by atoms with van der Waals surface area (Å²) in [5.74, 6) is 0.668. The summed E-state index contributed by atoms with van der Waals surface area (Å²) in [5.41, 5.74) is 9.97. The molecule has 28 heavy (non-hydrogen) atoms. The first kappa shape index (κ1) is 20.2. The van der Waals surface area contributed by atoms with Gasteiger partial charge in [-0.15, -0.1) is 0 Å². The first-order valence-corrected chi connectivity index (χ1v) is 9.57. The van der Waals surface area contributed by atoms with Crippen molar-refractivity contribution in [3.05, 3.63) is 17.2 Å². The highest BCUT2D eigenvalue weighted by Gasteiger charge is 2.32. The third-order valence-corrected chi connectivity index (χ3v) is 5.06. The van der Waals surface area contributed by atoms with Gasteiger partial charge in [0, 0.05) is 31.3 Å². The number of nitrogens with two attached hydrogens (primary N) is 1. The number of nitrogen functional groups attached to an aromatic ring is 1. The van der Waals surface area contributed by atoms with Gasteiger partial charge >= 0.3 is 6.09 Å². The lowest BCUT2D eigenvalue weighted by atomic mass is 10.0. The zero-order valence-electron chi connectivity index (χ0n) is 17.5. The lowest BCUT2D eigenvalue weighted by Crippen LogP contribution is -2.53. The normalized spacial score (nSPS) is 20.5. The Labute approximate surface area is 165 Å². The van der Waals surface area contributed by atoms with Gasteiger partial charge < -0.3 is 25.3 Å². The predicted molar refractivity (Wildman–Crippen MR) is 109 cm³/mol. The minimum atomic E-state index is -1.07. The van der Waals surface area contributed by atoms with Crippen molar-refractivity contribution in [1.29, 1.82) is 0 Å². The Bertz CT molecular complexity index is 902. The van der Waals surface area contributed by atoms with E-state index in [1.165, 1.54) is 0 Å². The van der Waals surface area contributed by atoms with Crippen LogP contribution in [0.4, 0.5) is 20.8 Å². The molecule has 1 amide bonds. The van der Waals surface area contributed by atoms with Crippen molar-refractivity contribution in [1.82, 2.24) is 14.9 Å². The van der Waals surface area contributed by atoms with Gasteiger partial charge in [0.15, 0.2) is 0 Å². The zero-order chi connectivity index (χ0) is 20.8. The minimum Gasteiger partial charge on any atom is -0.444 e. The third kappa shape index (κ3) is 4.00. The Balaban J connectivity index is 1.86. The molecule has 0 spiro atoms. The summed E-state index contributed by atoms with van der Waals surface area (Å²) >= 11 is 0. The molecule has 1 fully saturated rings. The molecule has 0 radical (unpaired) electrons. The van der Waals surface area contributed by atoms with Crippen molar-refractivity contribution in [2.75, 3.05) is 23.7 Å². The number of anilines is 2. The second kappa shape index (κ2) is 7.14. The number of alkyl carbamates (subject to hydrolysis) is 1. The number of nitrogens with one attached hydrogen (secondary N) is 1. The van der Waals surface area contributed by atoms with Gasteiger partial charge in [0.1, 0.15) is 11.8 Å². The summed E-state index contributed by atoms with van der Waals surface area (Å²) in [6.07, 6.45) is -1.35. The summed E-state index contributed by atoms with van der Waals surface area (Å²) in [7, 11) is 1.91. The molecule has 2 atom stereocenters. The summed E-state index contributed by atoms with van der Waals surface area (Å²) in [4.78, 5) is 18.7. The number of imidazole rings is 1. The fourth-order valence-corrected chi connectivity index (χ4v) is 3.71. The topological polar surface area (TPSA) is 85.4 Å². The lowest BCUT2D eigenvalue weighted by molar-refractivity contribution is 0.0490. The number of ether oxygens (including phenoxy) is 1. The van der Waals surface area contributed by atoms with Crippen LogP contribution in [0.2, 0.25) is 0 Å². The largest absolute Gasteiger partial charge is 0.444 e. The first-order chi connectivity index (χ1) is 13.0. The number of carbonyl (C=O) groups excluding carboxylic acids is 1. The Morgan fingerprint density at radius 3 is 2.68 bits per heavy atom. The lowest BCUT2D eigenvalue weighted by Gasteiger charge is -2.35. The van der Waals surface area contributed by atoms with Crippen LogP contribution >= 0.6 is 0 Å². The van der Waals surface area contributed by atoms with Crippen LogP contribution in [0.15, 0.2) is 6.07 Å². The summed E-state index contributed by atoms with van der Waals surface area (Å²) in [6.45, 7) is 10.0. The molecule has 2 aromatic rings. The number of fused-ring (bicyclic) bond motifs is 1. The molecule has 0 saturated carbocycles. The Morgan fingerprint density at radius 1 is 1.36 bits per heavy atom. The van der Waals surface area contributed by atoms with Crippen molar-refractivity contribution < 1.29 is 13.9 Å². The Morgan fingerprint density at radius 2 is 2.04 bits per heavy atom. The molecule has 2 heterocycles. The Hall–Kier alpha value is -2.51. The number of halogens is 1. The van der Waals surface area contributed by atoms with Gasteiger partial charge in [0.2, 0.25) is 5.95 Å². The summed E-state index contributed by atoms with van der Waals surface area (Å²) in [5, 5.41) is 2.79. The fraction of sp³-hybridized carbons (Fsp3) is 0.600. The van der Waals surface area contributed by atoms with E-state index in [2.05, 4.69) is 5.32 Å². The molecule has 1 aromatic heterocycles. The second-order valence-corrected chi connectivity index (χ2v) is 8.65. The highest BCUT2D eigenvalue weighted by Crippen LogP contribution is 2.31. The average molecular weight is 391 g/mol. The van der Waals surface area contributed by atoms with Gasteiger partial charge in [0.25, 0.3) is 0 Å². The van der Waals surface area contributed by atoms with Crippen LogP contribution in [0.25, 0.3) is 11.0 Å². The summed E-state index contributed by atoms with van der Waals surface area (Å²) in [6, 6.07) is 1.65. The van der Waals surface area contributed by atoms with Crippen LogP contribution in [0.5, 0.6) is 0 Å². The first-order valence-electron chi connectivity index (χ1n) is 9.57. The molecular weight excluding hydrogens is 361 g/mol. The van der Waals surface area contributed by atoms with Crippen molar-refractivity contribution >= 4 is 28.8 Å². The number of piperidine rings is 1. The van der Waals surface area contributed by atoms with Gasteiger partial charge in [0.05, 0.1) is 23.6 Å². The smallest absolute Gasteiger partial charge is 0.407 e. The maximum atomic E-state index is 14.5. The molecule has 3 rings (SSSR count). The maximum absolute atomic E-state index is 14.5. The monoisotopic (exact) mass is 391 g/mol. The molecular formula is C20H30FN5O2. The molecule has 1 aliphatic heterocycles. The maximum Gasteiger partial charge on any atom is 0.407 e. The van der Waals surface area contributed by atoms with Crippen LogP contribution < -0.4 is 16.0 Å². The highest BCUT2D eigenvalue weighted by atomic mass is 19.1. The number of rotatable bonds is 2. The number of hydrogen-bond donors (Lipinski definition) is 2. The van der Waals surface area contributed by atoms with E-state index in [1.54, 1.807) is 20.8 Å². The number of carbonyl (C=O) groups is 1. The molecule has 3 N–H and O–H groups in total. The number of benzene rings is 1. The molecule has 1 aromatic carbocycles. The minimum absolute atomic E-state index is 0.233. The number of aromatic nitrogens is 2. The number of hydrogen-bond acceptors (Lipinski definition) is 5. The number of amides is 1. The molecule has 0 aliphatic carbocycles. The molecule has 0 bridgehead atoms. The second-order valence-electron chi connectivity index (χ2n) is 8.65. The van der Waals surface area contributed by atoms with E-state index in [0.29, 0.717) is 12.5 Å². The van der Waals surface area contributed by atoms with E-state index in [9.17, 15) is 9.18 Å². The SMILES string of the molecule is Cc1cc2c(nc(N3C[C@H](F)C[C@@H](NC(=O)OC(C)(C)C)C3)n2C)c(C)c1N. The summed E-state index contributed by atoms with van der Waals surface area (Å²) < 4.78 is 21.7. The molecule has 7 nitrogen and oxygen atoms in total. The Kier molecular flexibility index (Phi) is 5.16. The van der Waals surface area contributed by atoms with Gasteiger partial charge in [-0.1, -0.05) is 0 Å². The van der Waals surface area contributed by atoms with Crippen LogP contribution in [-0.4, -0.2) is 46.5 Å². The molecule has 154 valence electrons. The van der Waals surface area contributed by atoms with Crippen LogP contribution in [0.1, 0.15) is 38.3 Å². The molecule has 0 unspecified atom stereocenters. The van der Waals surface area contributed by atoms with E-state index in [-0.39, 0.29) is 19.0 Å². The van der Waals surface area contributed by atoms with Gasteiger partial charge in [-0.2, -0.15) is 0 Å². The van der Waals surface area contributed by atoms with Gasteiger partial charge in [-0.3, -0.25) is 0 Å². The quantitative estimate of drug-likeness (QED) is 0.768. The van der Waals surface area contributed by atoms with Crippen molar-refractivity contribution in [3.63, 3.8) is 0 Å². The van der Waals surface area contributed by atoms with Crippen LogP contribution in [0, 0.1) is 13.8 Å². The van der Waals surface area contributed by atoms with Crippen LogP contribution in [0.3, 0.4) is 0 Å². The van der Waals surface area contributed by atoms with E-state index >= 15 is 0 Å². The number of nitrogens with zero attached hydrogens (tertiary/aromatic N) is 3. The zero-order valence-corrected chi connectivity index (χ0v) is 17.5. The number of aryl methyl sites for hydroxylation is 3. The molecule has 1 saturated heterocycles. The fourth-order valence-electron chi connectivity index (χ4n) is 3.71. The standard InChI is InChI=1S/C20H30FN5O2/c1-11-7-15-17(12(2)16(11)22)24-18(25(15)6)26-9-13(21)8-14(10-26)23-19(27)28-20(3,4)5/h7,13-14H,8-10,22H2,1-6H3,(H,23,27)/t13-,14-/m1/s1. The average Bonchev–Trinajstić information content (AvgIpc) is 2.87. The van der Waals surface area contributed by atoms with E-state index in [4.69, 9.17) is 15.5 Å². The number of alkyl halides is 1. The van der Waals surface area contributed by atoms with Crippen molar-refractivity contribution in [2.24, 2.45) is 7.05 Å². The van der Waals surface area contributed by atoms with Gasteiger partial charge in [-0.05, 0) is 46.2 Å². The molecule has 8 heteroatoms. The highest BCUT2D eigenvalue weighted by molar-refractivity contribution is 5.87. The predicted octanol–water partition coefficient (Wildman–Crippen LogP) is 3.21. The van der Waals surface area contributed by atoms with Crippen LogP contribution in [-0.2, 0) is 11.8 Å².